The lowest BCUT2D eigenvalue weighted by atomic mass is 9.95. The van der Waals surface area contributed by atoms with Crippen LogP contribution in [-0.4, -0.2) is 13.1 Å². The highest BCUT2D eigenvalue weighted by Crippen LogP contribution is 2.30. The van der Waals surface area contributed by atoms with Crippen LogP contribution in [0.3, 0.4) is 0 Å². The van der Waals surface area contributed by atoms with Crippen LogP contribution >= 0.6 is 0 Å². The zero-order valence-electron chi connectivity index (χ0n) is 9.62. The first-order valence-electron chi connectivity index (χ1n) is 6.04. The van der Waals surface area contributed by atoms with Gasteiger partial charge in [0.15, 0.2) is 0 Å². The second kappa shape index (κ2) is 3.95. The molecule has 0 saturated carbocycles. The summed E-state index contributed by atoms with van der Waals surface area (Å²) in [6.07, 6.45) is 2.39. The molecule has 0 radical (unpaired) electrons. The molecule has 0 spiro atoms. The first kappa shape index (κ1) is 9.91. The fourth-order valence-electron chi connectivity index (χ4n) is 2.49. The Morgan fingerprint density at radius 2 is 2.00 bits per heavy atom. The predicted molar refractivity (Wildman–Crippen MR) is 65.8 cm³/mol. The zero-order valence-corrected chi connectivity index (χ0v) is 9.62. The molecule has 2 heteroatoms. The highest BCUT2D eigenvalue weighted by molar-refractivity contribution is 5.78. The normalized spacial score (nSPS) is 18.1. The van der Waals surface area contributed by atoms with Gasteiger partial charge in [0.1, 0.15) is 11.3 Å². The highest BCUT2D eigenvalue weighted by atomic mass is 16.3. The zero-order chi connectivity index (χ0) is 11.0. The topological polar surface area (TPSA) is 25.2 Å². The number of hydrogen-bond acceptors (Lipinski definition) is 2. The highest BCUT2D eigenvalue weighted by Gasteiger charge is 2.18. The number of rotatable bonds is 1. The first-order chi connectivity index (χ1) is 7.83. The summed E-state index contributed by atoms with van der Waals surface area (Å²) in [4.78, 5) is 0. The fourth-order valence-corrected chi connectivity index (χ4v) is 2.49. The predicted octanol–water partition coefficient (Wildman–Crippen LogP) is 3.21. The van der Waals surface area contributed by atoms with Gasteiger partial charge in [-0.2, -0.15) is 0 Å². The molecule has 2 nitrogen and oxygen atoms in total. The van der Waals surface area contributed by atoms with Crippen molar-refractivity contribution in [3.05, 3.63) is 35.6 Å². The van der Waals surface area contributed by atoms with E-state index in [9.17, 15) is 0 Å². The van der Waals surface area contributed by atoms with Crippen LogP contribution in [0.1, 0.15) is 30.1 Å². The summed E-state index contributed by atoms with van der Waals surface area (Å²) in [7, 11) is 0. The van der Waals surface area contributed by atoms with Gasteiger partial charge in [0.25, 0.3) is 0 Å². The Bertz CT molecular complexity index is 494. The van der Waals surface area contributed by atoms with Gasteiger partial charge >= 0.3 is 0 Å². The van der Waals surface area contributed by atoms with Crippen molar-refractivity contribution in [3.63, 3.8) is 0 Å². The van der Waals surface area contributed by atoms with Gasteiger partial charge in [-0.25, -0.2) is 0 Å². The third kappa shape index (κ3) is 1.74. The summed E-state index contributed by atoms with van der Waals surface area (Å²) < 4.78 is 5.93. The van der Waals surface area contributed by atoms with Crippen LogP contribution in [-0.2, 0) is 0 Å². The van der Waals surface area contributed by atoms with Crippen LogP contribution < -0.4 is 5.32 Å². The number of nitrogens with one attached hydrogen (secondary N) is 1. The minimum atomic E-state index is 0.606. The average molecular weight is 215 g/mol. The van der Waals surface area contributed by atoms with E-state index in [4.69, 9.17) is 4.42 Å². The largest absolute Gasteiger partial charge is 0.461 e. The van der Waals surface area contributed by atoms with Gasteiger partial charge in [-0.1, -0.05) is 11.6 Å². The van der Waals surface area contributed by atoms with E-state index < -0.39 is 0 Å². The van der Waals surface area contributed by atoms with Gasteiger partial charge in [0, 0.05) is 11.3 Å². The van der Waals surface area contributed by atoms with Crippen LogP contribution in [0.2, 0.25) is 0 Å². The van der Waals surface area contributed by atoms with Gasteiger partial charge in [-0.3, -0.25) is 0 Å². The number of benzene rings is 1. The third-order valence-electron chi connectivity index (χ3n) is 3.43. The van der Waals surface area contributed by atoms with Crippen LogP contribution in [0, 0.1) is 6.92 Å². The standard InChI is InChI=1S/C14H17NO/c1-10-2-3-13-12(8-10)9-14(16-13)11-4-6-15-7-5-11/h2-3,8-9,11,15H,4-7H2,1H3. The second-order valence-corrected chi connectivity index (χ2v) is 4.71. The molecule has 0 amide bonds. The maximum Gasteiger partial charge on any atom is 0.134 e. The monoisotopic (exact) mass is 215 g/mol. The third-order valence-corrected chi connectivity index (χ3v) is 3.43. The van der Waals surface area contributed by atoms with E-state index in [1.807, 2.05) is 0 Å². The molecule has 1 saturated heterocycles. The molecule has 16 heavy (non-hydrogen) atoms. The van der Waals surface area contributed by atoms with Crippen molar-refractivity contribution in [3.8, 4) is 0 Å². The molecule has 0 bridgehead atoms. The van der Waals surface area contributed by atoms with Crippen molar-refractivity contribution in [2.75, 3.05) is 13.1 Å². The summed E-state index contributed by atoms with van der Waals surface area (Å²) >= 11 is 0. The molecule has 1 fully saturated rings. The van der Waals surface area contributed by atoms with E-state index in [0.29, 0.717) is 5.92 Å². The molecular formula is C14H17NO. The minimum Gasteiger partial charge on any atom is -0.461 e. The maximum absolute atomic E-state index is 5.93. The molecule has 0 unspecified atom stereocenters. The van der Waals surface area contributed by atoms with E-state index in [0.717, 1.165) is 18.7 Å². The van der Waals surface area contributed by atoms with E-state index in [-0.39, 0.29) is 0 Å². The van der Waals surface area contributed by atoms with Crippen molar-refractivity contribution in [1.82, 2.24) is 5.32 Å². The SMILES string of the molecule is Cc1ccc2oc(C3CCNCC3)cc2c1. The van der Waals surface area contributed by atoms with E-state index in [1.54, 1.807) is 0 Å². The van der Waals surface area contributed by atoms with Crippen LogP contribution in [0.5, 0.6) is 0 Å². The van der Waals surface area contributed by atoms with E-state index in [2.05, 4.69) is 36.5 Å². The molecule has 1 aromatic heterocycles. The minimum absolute atomic E-state index is 0.606. The summed E-state index contributed by atoms with van der Waals surface area (Å²) in [5.74, 6) is 1.77. The van der Waals surface area contributed by atoms with Crippen LogP contribution in [0.15, 0.2) is 28.7 Å². The summed E-state index contributed by atoms with van der Waals surface area (Å²) in [5.41, 5.74) is 2.32. The quantitative estimate of drug-likeness (QED) is 0.790. The molecule has 1 aliphatic heterocycles. The molecule has 2 aromatic rings. The van der Waals surface area contributed by atoms with Gasteiger partial charge in [0.05, 0.1) is 0 Å². The Labute approximate surface area is 95.6 Å². The summed E-state index contributed by atoms with van der Waals surface area (Å²) in [6.45, 7) is 4.35. The molecule has 0 aliphatic carbocycles. The van der Waals surface area contributed by atoms with Crippen molar-refractivity contribution in [2.45, 2.75) is 25.7 Å². The smallest absolute Gasteiger partial charge is 0.134 e. The van der Waals surface area contributed by atoms with Gasteiger partial charge in [-0.15, -0.1) is 0 Å². The number of fused-ring (bicyclic) bond motifs is 1. The molecule has 0 atom stereocenters. The number of hydrogen-bond donors (Lipinski definition) is 1. The van der Waals surface area contributed by atoms with Gasteiger partial charge in [-0.05, 0) is 51.1 Å². The van der Waals surface area contributed by atoms with Crippen molar-refractivity contribution >= 4 is 11.0 Å². The summed E-state index contributed by atoms with van der Waals surface area (Å²) in [5, 5.41) is 4.63. The van der Waals surface area contributed by atoms with Crippen molar-refractivity contribution < 1.29 is 4.42 Å². The maximum atomic E-state index is 5.93. The lowest BCUT2D eigenvalue weighted by Gasteiger charge is -2.20. The fraction of sp³-hybridized carbons (Fsp3) is 0.429. The van der Waals surface area contributed by atoms with Crippen molar-refractivity contribution in [2.24, 2.45) is 0 Å². The lowest BCUT2D eigenvalue weighted by Crippen LogP contribution is -2.26. The van der Waals surface area contributed by atoms with Gasteiger partial charge < -0.3 is 9.73 Å². The summed E-state index contributed by atoms with van der Waals surface area (Å²) in [6, 6.07) is 8.61. The molecule has 2 heterocycles. The van der Waals surface area contributed by atoms with Crippen molar-refractivity contribution in [1.29, 1.82) is 0 Å². The number of furan rings is 1. The molecular weight excluding hydrogens is 198 g/mol. The molecule has 1 N–H and O–H groups in total. The Kier molecular flexibility index (Phi) is 2.44. The Hall–Kier alpha value is -1.28. The van der Waals surface area contributed by atoms with E-state index in [1.165, 1.54) is 29.6 Å². The van der Waals surface area contributed by atoms with Gasteiger partial charge in [0.2, 0.25) is 0 Å². The average Bonchev–Trinajstić information content (AvgIpc) is 2.73. The molecule has 3 rings (SSSR count). The first-order valence-corrected chi connectivity index (χ1v) is 6.04. The molecule has 84 valence electrons. The Balaban J connectivity index is 1.97. The Morgan fingerprint density at radius 1 is 1.19 bits per heavy atom. The number of piperidine rings is 1. The van der Waals surface area contributed by atoms with E-state index >= 15 is 0 Å². The number of aryl methyl sites for hydroxylation is 1. The van der Waals surface area contributed by atoms with Crippen LogP contribution in [0.25, 0.3) is 11.0 Å². The van der Waals surface area contributed by atoms with Crippen LogP contribution in [0.4, 0.5) is 0 Å². The molecule has 1 aromatic carbocycles. The Morgan fingerprint density at radius 3 is 2.81 bits per heavy atom. The second-order valence-electron chi connectivity index (χ2n) is 4.71. The molecule has 1 aliphatic rings. The lowest BCUT2D eigenvalue weighted by molar-refractivity contribution is 0.397.